The van der Waals surface area contributed by atoms with Crippen molar-refractivity contribution in [1.29, 1.82) is 0 Å². The Morgan fingerprint density at radius 3 is 2.68 bits per heavy atom. The van der Waals surface area contributed by atoms with Gasteiger partial charge < -0.3 is 9.80 Å². The Balaban J connectivity index is 1.84. The van der Waals surface area contributed by atoms with Gasteiger partial charge in [-0.2, -0.15) is 0 Å². The average Bonchev–Trinajstić information content (AvgIpc) is 2.49. The summed E-state index contributed by atoms with van der Waals surface area (Å²) in [5, 5.41) is 0. The molecule has 0 unspecified atom stereocenters. The SMILES string of the molecule is CN1CCN(c2cc(-c3cc[c]cn3)ccn2)CC1. The highest BCUT2D eigenvalue weighted by Crippen LogP contribution is 2.21. The van der Waals surface area contributed by atoms with Crippen molar-refractivity contribution in [3.05, 3.63) is 42.7 Å². The van der Waals surface area contributed by atoms with Crippen LogP contribution in [-0.4, -0.2) is 48.1 Å². The first kappa shape index (κ1) is 12.1. The molecular weight excluding hydrogens is 236 g/mol. The third-order valence-electron chi connectivity index (χ3n) is 3.48. The highest BCUT2D eigenvalue weighted by Gasteiger charge is 2.15. The fourth-order valence-corrected chi connectivity index (χ4v) is 2.28. The zero-order chi connectivity index (χ0) is 13.1. The molecule has 1 radical (unpaired) electrons. The minimum Gasteiger partial charge on any atom is -0.354 e. The Labute approximate surface area is 113 Å². The predicted molar refractivity (Wildman–Crippen MR) is 76.0 cm³/mol. The second kappa shape index (κ2) is 5.36. The van der Waals surface area contributed by atoms with Crippen molar-refractivity contribution in [2.45, 2.75) is 0 Å². The molecule has 0 atom stereocenters. The van der Waals surface area contributed by atoms with E-state index in [0.717, 1.165) is 43.3 Å². The van der Waals surface area contributed by atoms with Crippen molar-refractivity contribution >= 4 is 5.82 Å². The van der Waals surface area contributed by atoms with Crippen LogP contribution in [-0.2, 0) is 0 Å². The average molecular weight is 253 g/mol. The first-order valence-corrected chi connectivity index (χ1v) is 6.55. The van der Waals surface area contributed by atoms with Gasteiger partial charge in [0, 0.05) is 50.2 Å². The third-order valence-corrected chi connectivity index (χ3v) is 3.48. The minimum atomic E-state index is 0.969. The van der Waals surface area contributed by atoms with Crippen molar-refractivity contribution in [2.24, 2.45) is 0 Å². The number of hydrogen-bond donors (Lipinski definition) is 0. The van der Waals surface area contributed by atoms with Gasteiger partial charge in [0.2, 0.25) is 0 Å². The van der Waals surface area contributed by atoms with Gasteiger partial charge in [0.25, 0.3) is 0 Å². The normalized spacial score (nSPS) is 16.6. The maximum atomic E-state index is 4.49. The highest BCUT2D eigenvalue weighted by molar-refractivity contribution is 5.62. The summed E-state index contributed by atoms with van der Waals surface area (Å²) in [6.07, 6.45) is 3.56. The van der Waals surface area contributed by atoms with Crippen LogP contribution in [0.4, 0.5) is 5.82 Å². The molecule has 0 spiro atoms. The molecule has 1 saturated heterocycles. The van der Waals surface area contributed by atoms with Crippen LogP contribution < -0.4 is 4.90 Å². The van der Waals surface area contributed by atoms with Gasteiger partial charge in [0.15, 0.2) is 0 Å². The molecule has 0 N–H and O–H groups in total. The molecule has 1 aliphatic rings. The monoisotopic (exact) mass is 253 g/mol. The molecule has 4 heteroatoms. The van der Waals surface area contributed by atoms with E-state index in [1.54, 1.807) is 6.20 Å². The summed E-state index contributed by atoms with van der Waals surface area (Å²) in [5.74, 6) is 1.04. The van der Waals surface area contributed by atoms with Gasteiger partial charge in [-0.3, -0.25) is 4.98 Å². The van der Waals surface area contributed by atoms with Gasteiger partial charge >= 0.3 is 0 Å². The van der Waals surface area contributed by atoms with Crippen LogP contribution in [0, 0.1) is 6.07 Å². The number of hydrogen-bond acceptors (Lipinski definition) is 4. The van der Waals surface area contributed by atoms with E-state index in [4.69, 9.17) is 0 Å². The summed E-state index contributed by atoms with van der Waals surface area (Å²) >= 11 is 0. The predicted octanol–water partition coefficient (Wildman–Crippen LogP) is 1.70. The van der Waals surface area contributed by atoms with Gasteiger partial charge in [-0.05, 0) is 25.2 Å². The molecule has 0 bridgehead atoms. The molecule has 2 aromatic rings. The lowest BCUT2D eigenvalue weighted by Crippen LogP contribution is -2.44. The molecule has 19 heavy (non-hydrogen) atoms. The number of nitrogens with zero attached hydrogens (tertiary/aromatic N) is 4. The smallest absolute Gasteiger partial charge is 0.129 e. The van der Waals surface area contributed by atoms with E-state index >= 15 is 0 Å². The zero-order valence-corrected chi connectivity index (χ0v) is 11.1. The van der Waals surface area contributed by atoms with Gasteiger partial charge in [0.1, 0.15) is 5.82 Å². The molecule has 1 fully saturated rings. The van der Waals surface area contributed by atoms with Gasteiger partial charge in [-0.15, -0.1) is 0 Å². The number of anilines is 1. The lowest BCUT2D eigenvalue weighted by Gasteiger charge is -2.33. The Kier molecular flexibility index (Phi) is 3.42. The standard InChI is InChI=1S/C15H17N4/c1-18-8-10-19(11-9-18)15-12-13(5-7-17-15)14-4-2-3-6-16-14/h2,4-7,12H,8-11H2,1H3. The first-order chi connectivity index (χ1) is 9.33. The second-order valence-corrected chi connectivity index (χ2v) is 4.84. The topological polar surface area (TPSA) is 32.3 Å². The fraction of sp³-hybridized carbons (Fsp3) is 0.333. The van der Waals surface area contributed by atoms with Crippen molar-refractivity contribution in [3.63, 3.8) is 0 Å². The van der Waals surface area contributed by atoms with E-state index in [2.05, 4.69) is 38.9 Å². The Morgan fingerprint density at radius 2 is 1.95 bits per heavy atom. The molecule has 1 aliphatic heterocycles. The molecule has 2 aromatic heterocycles. The minimum absolute atomic E-state index is 0.969. The highest BCUT2D eigenvalue weighted by atomic mass is 15.3. The lowest BCUT2D eigenvalue weighted by atomic mass is 10.1. The number of rotatable bonds is 2. The second-order valence-electron chi connectivity index (χ2n) is 4.84. The number of piperazine rings is 1. The molecular formula is C15H17N4. The summed E-state index contributed by atoms with van der Waals surface area (Å²) in [7, 11) is 2.16. The summed E-state index contributed by atoms with van der Waals surface area (Å²) in [4.78, 5) is 13.5. The van der Waals surface area contributed by atoms with Crippen molar-refractivity contribution in [2.75, 3.05) is 38.1 Å². The number of aromatic nitrogens is 2. The van der Waals surface area contributed by atoms with Crippen LogP contribution in [0.5, 0.6) is 0 Å². The molecule has 3 rings (SSSR count). The molecule has 0 amide bonds. The van der Waals surface area contributed by atoms with E-state index in [1.807, 2.05) is 24.4 Å². The molecule has 4 nitrogen and oxygen atoms in total. The first-order valence-electron chi connectivity index (χ1n) is 6.55. The van der Waals surface area contributed by atoms with Crippen molar-refractivity contribution < 1.29 is 0 Å². The van der Waals surface area contributed by atoms with Crippen LogP contribution in [0.15, 0.2) is 36.7 Å². The molecule has 0 saturated carbocycles. The van der Waals surface area contributed by atoms with E-state index in [0.29, 0.717) is 0 Å². The maximum absolute atomic E-state index is 4.49. The lowest BCUT2D eigenvalue weighted by molar-refractivity contribution is 0.312. The molecule has 3 heterocycles. The van der Waals surface area contributed by atoms with E-state index in [1.165, 1.54) is 0 Å². The Hall–Kier alpha value is -1.94. The van der Waals surface area contributed by atoms with E-state index in [-0.39, 0.29) is 0 Å². The summed E-state index contributed by atoms with van der Waals surface area (Å²) in [6, 6.07) is 10.9. The third kappa shape index (κ3) is 2.74. The van der Waals surface area contributed by atoms with Crippen LogP contribution in [0.25, 0.3) is 11.3 Å². The van der Waals surface area contributed by atoms with Crippen LogP contribution in [0.2, 0.25) is 0 Å². The van der Waals surface area contributed by atoms with Gasteiger partial charge in [0.05, 0.1) is 5.69 Å². The maximum Gasteiger partial charge on any atom is 0.129 e. The Bertz CT molecular complexity index is 533. The van der Waals surface area contributed by atoms with Crippen LogP contribution in [0.3, 0.4) is 0 Å². The number of likely N-dealkylation sites (N-methyl/N-ethyl adjacent to an activating group) is 1. The summed E-state index contributed by atoms with van der Waals surface area (Å²) < 4.78 is 0. The van der Waals surface area contributed by atoms with Crippen molar-refractivity contribution in [1.82, 2.24) is 14.9 Å². The molecule has 97 valence electrons. The van der Waals surface area contributed by atoms with Gasteiger partial charge in [-0.25, -0.2) is 4.98 Å². The fourth-order valence-electron chi connectivity index (χ4n) is 2.28. The Morgan fingerprint density at radius 1 is 1.11 bits per heavy atom. The van der Waals surface area contributed by atoms with Gasteiger partial charge in [-0.1, -0.05) is 6.07 Å². The zero-order valence-electron chi connectivity index (χ0n) is 11.1. The van der Waals surface area contributed by atoms with Crippen LogP contribution >= 0.6 is 0 Å². The summed E-state index contributed by atoms with van der Waals surface area (Å²) in [6.45, 7) is 4.24. The largest absolute Gasteiger partial charge is 0.354 e. The van der Waals surface area contributed by atoms with E-state index < -0.39 is 0 Å². The van der Waals surface area contributed by atoms with E-state index in [9.17, 15) is 0 Å². The number of pyridine rings is 2. The quantitative estimate of drug-likeness (QED) is 0.815. The van der Waals surface area contributed by atoms with Crippen LogP contribution in [0.1, 0.15) is 0 Å². The molecule has 0 aliphatic carbocycles. The van der Waals surface area contributed by atoms with Crippen molar-refractivity contribution in [3.8, 4) is 11.3 Å². The molecule has 0 aromatic carbocycles. The summed E-state index contributed by atoms with van der Waals surface area (Å²) in [5.41, 5.74) is 2.08.